The third-order valence-electron chi connectivity index (χ3n) is 13.5. The SMILES string of the molecule is CC(O)COc1ccc(-c2ccc(C(=O)Oc3ccc(-c4ccc(C(=O)OC(C)(C)C)cc4)cc3)cc2)cc1.CCC1(OC(=O)c2ccc(-c3ccc(OC(=O)c4ccc(-c5ccc(OCC(C)O)cc5)cc4)cc3)cc2)CCCC1. The Kier molecular flexibility index (Phi) is 19.3. The Balaban J connectivity index is 0.000000213. The van der Waals surface area contributed by atoms with Crippen molar-refractivity contribution in [3.8, 4) is 67.5 Å². The summed E-state index contributed by atoms with van der Waals surface area (Å²) in [6, 6.07) is 58.7. The van der Waals surface area contributed by atoms with Gasteiger partial charge in [0.25, 0.3) is 0 Å². The van der Waals surface area contributed by atoms with Gasteiger partial charge >= 0.3 is 23.9 Å². The molecule has 0 heterocycles. The first kappa shape index (κ1) is 58.3. The van der Waals surface area contributed by atoms with Crippen molar-refractivity contribution in [2.24, 2.45) is 0 Å². The standard InChI is InChI=1S/C36H36O6.C33H32O6/c1-3-36(22-4-5-23-36)42-35(39)31-12-8-27(9-13-31)29-16-20-33(21-17-29)41-34(38)30-10-6-26(7-11-30)28-14-18-32(19-15-28)40-24-25(2)37;1-22(34)21-37-29-17-13-25(14-18-29)23-5-9-27(10-6-23)31(35)38-30-19-15-26(16-20-30)24-7-11-28(12-8-24)32(36)39-33(2,3)4/h6-21,25,37H,3-5,22-24H2,1-2H3;5-20,22,34H,21H2,1-4H3. The van der Waals surface area contributed by atoms with Crippen molar-refractivity contribution in [2.45, 2.75) is 97.1 Å². The van der Waals surface area contributed by atoms with Gasteiger partial charge in [0.1, 0.15) is 47.4 Å². The highest BCUT2D eigenvalue weighted by molar-refractivity contribution is 5.93. The van der Waals surface area contributed by atoms with Gasteiger partial charge in [0, 0.05) is 0 Å². The Bertz CT molecular complexity index is 3330. The predicted octanol–water partition coefficient (Wildman–Crippen LogP) is 14.8. The number of rotatable bonds is 18. The van der Waals surface area contributed by atoms with Gasteiger partial charge in [-0.15, -0.1) is 0 Å². The number of benzene rings is 8. The van der Waals surface area contributed by atoms with Crippen LogP contribution in [0.25, 0.3) is 44.5 Å². The fourth-order valence-corrected chi connectivity index (χ4v) is 9.02. The minimum atomic E-state index is -0.548. The second-order valence-electron chi connectivity index (χ2n) is 21.1. The van der Waals surface area contributed by atoms with E-state index in [1.54, 1.807) is 86.6 Å². The molecule has 1 aliphatic carbocycles. The van der Waals surface area contributed by atoms with Gasteiger partial charge in [-0.05, 0) is 208 Å². The highest BCUT2D eigenvalue weighted by atomic mass is 16.6. The van der Waals surface area contributed by atoms with Gasteiger partial charge in [-0.25, -0.2) is 19.2 Å². The van der Waals surface area contributed by atoms with E-state index in [9.17, 15) is 29.4 Å². The predicted molar refractivity (Wildman–Crippen MR) is 314 cm³/mol. The second kappa shape index (κ2) is 26.9. The lowest BCUT2D eigenvalue weighted by Crippen LogP contribution is -2.31. The van der Waals surface area contributed by atoms with Crippen molar-refractivity contribution in [3.63, 3.8) is 0 Å². The summed E-state index contributed by atoms with van der Waals surface area (Å²) in [5.41, 5.74) is 8.70. The first-order valence-corrected chi connectivity index (χ1v) is 27.3. The molecule has 2 N–H and O–H groups in total. The van der Waals surface area contributed by atoms with Crippen LogP contribution in [-0.4, -0.2) is 70.7 Å². The highest BCUT2D eigenvalue weighted by Gasteiger charge is 2.36. The van der Waals surface area contributed by atoms with Crippen molar-refractivity contribution in [2.75, 3.05) is 13.2 Å². The van der Waals surface area contributed by atoms with Crippen LogP contribution in [0, 0.1) is 0 Å². The smallest absolute Gasteiger partial charge is 0.343 e. The number of ether oxygens (including phenoxy) is 6. The molecule has 0 aliphatic heterocycles. The largest absolute Gasteiger partial charge is 0.491 e. The van der Waals surface area contributed by atoms with E-state index in [1.165, 1.54) is 0 Å². The average molecular weight is 1090 g/mol. The molecule has 0 spiro atoms. The number of carbonyl (C=O) groups is 4. The Morgan fingerprint density at radius 1 is 0.407 bits per heavy atom. The monoisotopic (exact) mass is 1090 g/mol. The van der Waals surface area contributed by atoms with Crippen molar-refractivity contribution >= 4 is 23.9 Å². The number of hydrogen-bond donors (Lipinski definition) is 2. The fourth-order valence-electron chi connectivity index (χ4n) is 9.02. The summed E-state index contributed by atoms with van der Waals surface area (Å²) in [4.78, 5) is 50.4. The quantitative estimate of drug-likeness (QED) is 0.0618. The Labute approximate surface area is 473 Å². The van der Waals surface area contributed by atoms with Crippen LogP contribution in [0.1, 0.15) is 115 Å². The third kappa shape index (κ3) is 16.6. The number of hydrogen-bond acceptors (Lipinski definition) is 12. The van der Waals surface area contributed by atoms with E-state index in [4.69, 9.17) is 28.4 Å². The molecule has 12 nitrogen and oxygen atoms in total. The van der Waals surface area contributed by atoms with Crippen molar-refractivity contribution in [1.82, 2.24) is 0 Å². The molecule has 0 amide bonds. The van der Waals surface area contributed by atoms with Gasteiger partial charge < -0.3 is 38.6 Å². The average Bonchev–Trinajstić information content (AvgIpc) is 3.95. The van der Waals surface area contributed by atoms with Crippen LogP contribution < -0.4 is 18.9 Å². The lowest BCUT2D eigenvalue weighted by Gasteiger charge is -2.27. The molecule has 2 unspecified atom stereocenters. The molecule has 416 valence electrons. The first-order chi connectivity index (χ1) is 38.9. The zero-order valence-electron chi connectivity index (χ0n) is 46.6. The van der Waals surface area contributed by atoms with Crippen molar-refractivity contribution < 1.29 is 57.8 Å². The third-order valence-corrected chi connectivity index (χ3v) is 13.5. The molecule has 8 aromatic rings. The van der Waals surface area contributed by atoms with Crippen LogP contribution in [0.2, 0.25) is 0 Å². The summed E-state index contributed by atoms with van der Waals surface area (Å²) in [5, 5.41) is 18.7. The van der Waals surface area contributed by atoms with Gasteiger partial charge in [-0.2, -0.15) is 0 Å². The molecule has 2 atom stereocenters. The lowest BCUT2D eigenvalue weighted by atomic mass is 9.98. The lowest BCUT2D eigenvalue weighted by molar-refractivity contribution is -0.0172. The molecule has 0 bridgehead atoms. The van der Waals surface area contributed by atoms with Crippen LogP contribution in [-0.2, 0) is 9.47 Å². The maximum Gasteiger partial charge on any atom is 0.343 e. The summed E-state index contributed by atoms with van der Waals surface area (Å²) in [6.07, 6.45) is 3.88. The van der Waals surface area contributed by atoms with Crippen LogP contribution in [0.15, 0.2) is 194 Å². The summed E-state index contributed by atoms with van der Waals surface area (Å²) in [5.74, 6) is 0.741. The van der Waals surface area contributed by atoms with E-state index in [0.29, 0.717) is 45.3 Å². The number of carbonyl (C=O) groups excluding carboxylic acids is 4. The van der Waals surface area contributed by atoms with Crippen LogP contribution in [0.3, 0.4) is 0 Å². The van der Waals surface area contributed by atoms with E-state index in [0.717, 1.165) is 76.6 Å². The molecule has 81 heavy (non-hydrogen) atoms. The van der Waals surface area contributed by atoms with Gasteiger partial charge in [0.2, 0.25) is 0 Å². The summed E-state index contributed by atoms with van der Waals surface area (Å²) >= 11 is 0. The van der Waals surface area contributed by atoms with Crippen LogP contribution in [0.5, 0.6) is 23.0 Å². The molecule has 1 saturated carbocycles. The maximum atomic E-state index is 12.8. The second-order valence-corrected chi connectivity index (χ2v) is 21.1. The molecule has 0 radical (unpaired) electrons. The molecular weight excluding hydrogens is 1020 g/mol. The van der Waals surface area contributed by atoms with E-state index in [-0.39, 0.29) is 30.8 Å². The van der Waals surface area contributed by atoms with Gasteiger partial charge in [-0.3, -0.25) is 0 Å². The van der Waals surface area contributed by atoms with Crippen LogP contribution >= 0.6 is 0 Å². The number of aliphatic hydroxyl groups excluding tert-OH is 2. The minimum absolute atomic E-state index is 0.238. The molecule has 0 aromatic heterocycles. The fraction of sp³-hybridized carbons (Fsp3) is 0.246. The molecule has 1 aliphatic rings. The molecule has 8 aromatic carbocycles. The molecule has 1 fully saturated rings. The topological polar surface area (TPSA) is 164 Å². The van der Waals surface area contributed by atoms with Gasteiger partial charge in [0.15, 0.2) is 0 Å². The summed E-state index contributed by atoms with van der Waals surface area (Å²) in [6.45, 7) is 11.4. The molecule has 12 heteroatoms. The molecule has 0 saturated heterocycles. The summed E-state index contributed by atoms with van der Waals surface area (Å²) < 4.78 is 33.5. The van der Waals surface area contributed by atoms with Gasteiger partial charge in [-0.1, -0.05) is 104 Å². The minimum Gasteiger partial charge on any atom is -0.491 e. The first-order valence-electron chi connectivity index (χ1n) is 27.3. The zero-order chi connectivity index (χ0) is 57.5. The van der Waals surface area contributed by atoms with E-state index in [1.807, 2.05) is 142 Å². The molecule has 9 rings (SSSR count). The normalized spacial score (nSPS) is 13.3. The zero-order valence-corrected chi connectivity index (χ0v) is 46.6. The molecular formula is C69H68O12. The Hall–Kier alpha value is -8.84. The van der Waals surface area contributed by atoms with E-state index in [2.05, 4.69) is 6.92 Å². The highest BCUT2D eigenvalue weighted by Crippen LogP contribution is 2.37. The van der Waals surface area contributed by atoms with Crippen molar-refractivity contribution in [1.29, 1.82) is 0 Å². The van der Waals surface area contributed by atoms with Crippen molar-refractivity contribution in [3.05, 3.63) is 216 Å². The maximum absolute atomic E-state index is 12.8. The van der Waals surface area contributed by atoms with E-state index < -0.39 is 29.7 Å². The number of aliphatic hydroxyl groups is 2. The Morgan fingerprint density at radius 3 is 0.938 bits per heavy atom. The Morgan fingerprint density at radius 2 is 0.667 bits per heavy atom. The number of esters is 4. The van der Waals surface area contributed by atoms with E-state index >= 15 is 0 Å². The summed E-state index contributed by atoms with van der Waals surface area (Å²) in [7, 11) is 0. The van der Waals surface area contributed by atoms with Crippen LogP contribution in [0.4, 0.5) is 0 Å². The van der Waals surface area contributed by atoms with Gasteiger partial charge in [0.05, 0.1) is 34.5 Å².